The first-order valence-corrected chi connectivity index (χ1v) is 16.4. The number of anilines is 1. The van der Waals surface area contributed by atoms with Crippen molar-refractivity contribution in [1.29, 1.82) is 0 Å². The Hall–Kier alpha value is -5.98. The Morgan fingerprint density at radius 1 is 0.804 bits per heavy atom. The number of benzene rings is 4. The summed E-state index contributed by atoms with van der Waals surface area (Å²) in [4.78, 5) is 25.9. The SMILES string of the molecule is COc1ccc(C(O[C@@H]2C[C@@H](n3cnc4c(N)ncnc43)O[C@@H]2COC(=O)COc2ccccc2)(c2ccccc2)c2ccc(OC)cc2)cc1. The van der Waals surface area contributed by atoms with Crippen molar-refractivity contribution in [3.63, 3.8) is 0 Å². The van der Waals surface area contributed by atoms with Crippen LogP contribution in [-0.2, 0) is 24.6 Å². The van der Waals surface area contributed by atoms with Gasteiger partial charge in [-0.3, -0.25) is 4.57 Å². The number of para-hydroxylation sites is 1. The average molecular weight is 688 g/mol. The molecule has 0 bridgehead atoms. The molecule has 260 valence electrons. The molecule has 0 saturated carbocycles. The number of aromatic nitrogens is 4. The number of hydrogen-bond donors (Lipinski definition) is 1. The highest BCUT2D eigenvalue weighted by molar-refractivity contribution is 5.81. The van der Waals surface area contributed by atoms with Crippen molar-refractivity contribution in [2.45, 2.75) is 30.5 Å². The van der Waals surface area contributed by atoms with Gasteiger partial charge in [-0.15, -0.1) is 0 Å². The monoisotopic (exact) mass is 687 g/mol. The lowest BCUT2D eigenvalue weighted by Gasteiger charge is -2.39. The van der Waals surface area contributed by atoms with E-state index in [1.807, 2.05) is 97.1 Å². The summed E-state index contributed by atoms with van der Waals surface area (Å²) >= 11 is 0. The van der Waals surface area contributed by atoms with Gasteiger partial charge >= 0.3 is 5.97 Å². The molecule has 0 spiro atoms. The molecule has 4 aromatic carbocycles. The summed E-state index contributed by atoms with van der Waals surface area (Å²) in [6.45, 7) is -0.363. The maximum Gasteiger partial charge on any atom is 0.344 e. The summed E-state index contributed by atoms with van der Waals surface area (Å²) in [6, 6.07) is 34.6. The van der Waals surface area contributed by atoms with Crippen LogP contribution in [0.15, 0.2) is 122 Å². The Kier molecular flexibility index (Phi) is 9.77. The molecule has 12 heteroatoms. The first-order valence-electron chi connectivity index (χ1n) is 16.4. The second-order valence-electron chi connectivity index (χ2n) is 11.9. The Morgan fingerprint density at radius 3 is 2.04 bits per heavy atom. The fraction of sp³-hybridized carbons (Fsp3) is 0.231. The average Bonchev–Trinajstić information content (AvgIpc) is 3.81. The predicted octanol–water partition coefficient (Wildman–Crippen LogP) is 5.71. The third kappa shape index (κ3) is 6.91. The Bertz CT molecular complexity index is 2010. The zero-order valence-electron chi connectivity index (χ0n) is 28.1. The first kappa shape index (κ1) is 33.5. The quantitative estimate of drug-likeness (QED) is 0.118. The highest BCUT2D eigenvalue weighted by atomic mass is 16.6. The molecule has 12 nitrogen and oxygen atoms in total. The molecule has 1 aliphatic heterocycles. The number of carbonyl (C=O) groups excluding carboxylic acids is 1. The molecule has 0 aliphatic carbocycles. The number of methoxy groups -OCH3 is 2. The largest absolute Gasteiger partial charge is 0.497 e. The highest BCUT2D eigenvalue weighted by Crippen LogP contribution is 2.46. The van der Waals surface area contributed by atoms with Gasteiger partial charge < -0.3 is 34.2 Å². The molecule has 2 N–H and O–H groups in total. The number of esters is 1. The lowest BCUT2D eigenvalue weighted by atomic mass is 9.79. The third-order valence-corrected chi connectivity index (χ3v) is 8.89. The van der Waals surface area contributed by atoms with Crippen LogP contribution in [0, 0.1) is 0 Å². The predicted molar refractivity (Wildman–Crippen MR) is 188 cm³/mol. The number of fused-ring (bicyclic) bond motifs is 1. The molecule has 0 unspecified atom stereocenters. The van der Waals surface area contributed by atoms with Gasteiger partial charge in [0, 0.05) is 6.42 Å². The Balaban J connectivity index is 1.27. The molecule has 0 amide bonds. The normalized spacial score (nSPS) is 17.3. The number of rotatable bonds is 13. The highest BCUT2D eigenvalue weighted by Gasteiger charge is 2.47. The van der Waals surface area contributed by atoms with Crippen molar-refractivity contribution in [2.75, 3.05) is 33.2 Å². The van der Waals surface area contributed by atoms with Crippen molar-refractivity contribution >= 4 is 23.0 Å². The van der Waals surface area contributed by atoms with E-state index in [1.165, 1.54) is 6.33 Å². The molecule has 7 rings (SSSR count). The van der Waals surface area contributed by atoms with Crippen LogP contribution in [0.3, 0.4) is 0 Å². The summed E-state index contributed by atoms with van der Waals surface area (Å²) in [6.07, 6.45) is 1.47. The van der Waals surface area contributed by atoms with E-state index < -0.39 is 30.0 Å². The van der Waals surface area contributed by atoms with Crippen molar-refractivity contribution in [2.24, 2.45) is 0 Å². The smallest absolute Gasteiger partial charge is 0.344 e. The van der Waals surface area contributed by atoms with Gasteiger partial charge in [0.25, 0.3) is 0 Å². The molecule has 3 heterocycles. The van der Waals surface area contributed by atoms with Crippen LogP contribution >= 0.6 is 0 Å². The first-order chi connectivity index (χ1) is 25.0. The fourth-order valence-electron chi connectivity index (χ4n) is 6.36. The number of hydrogen-bond acceptors (Lipinski definition) is 11. The van der Waals surface area contributed by atoms with E-state index in [4.69, 9.17) is 34.2 Å². The van der Waals surface area contributed by atoms with Gasteiger partial charge in [0.15, 0.2) is 18.1 Å². The molecule has 1 saturated heterocycles. The van der Waals surface area contributed by atoms with Crippen LogP contribution in [-0.4, -0.2) is 65.1 Å². The number of nitrogens with zero attached hydrogens (tertiary/aromatic N) is 4. The second kappa shape index (κ2) is 14.9. The molecule has 1 aliphatic rings. The Morgan fingerprint density at radius 2 is 1.41 bits per heavy atom. The number of imidazole rings is 1. The van der Waals surface area contributed by atoms with E-state index in [2.05, 4.69) is 15.0 Å². The zero-order valence-corrected chi connectivity index (χ0v) is 28.1. The lowest BCUT2D eigenvalue weighted by Crippen LogP contribution is -2.41. The van der Waals surface area contributed by atoms with Gasteiger partial charge in [-0.25, -0.2) is 19.7 Å². The number of nitrogens with two attached hydrogens (primary N) is 1. The summed E-state index contributed by atoms with van der Waals surface area (Å²) < 4.78 is 38.3. The fourth-order valence-corrected chi connectivity index (χ4v) is 6.36. The molecule has 2 aromatic heterocycles. The minimum absolute atomic E-state index is 0.0992. The maximum atomic E-state index is 13.0. The third-order valence-electron chi connectivity index (χ3n) is 8.89. The van der Waals surface area contributed by atoms with E-state index in [1.54, 1.807) is 37.2 Å². The van der Waals surface area contributed by atoms with Crippen molar-refractivity contribution in [3.8, 4) is 17.2 Å². The summed E-state index contributed by atoms with van der Waals surface area (Å²) in [5.41, 5.74) is 8.52. The molecular formula is C39H37N5O7. The minimum atomic E-state index is -1.15. The van der Waals surface area contributed by atoms with E-state index in [9.17, 15) is 4.79 Å². The van der Waals surface area contributed by atoms with Gasteiger partial charge in [-0.2, -0.15) is 0 Å². The summed E-state index contributed by atoms with van der Waals surface area (Å²) in [5.74, 6) is 1.69. The van der Waals surface area contributed by atoms with Crippen molar-refractivity contribution < 1.29 is 33.2 Å². The maximum absolute atomic E-state index is 13.0. The van der Waals surface area contributed by atoms with Crippen molar-refractivity contribution in [1.82, 2.24) is 19.5 Å². The second-order valence-corrected chi connectivity index (χ2v) is 11.9. The van der Waals surface area contributed by atoms with E-state index >= 15 is 0 Å². The Labute approximate surface area is 294 Å². The van der Waals surface area contributed by atoms with E-state index in [-0.39, 0.29) is 19.0 Å². The number of carbonyl (C=O) groups is 1. The number of nitrogen functional groups attached to an aromatic ring is 1. The van der Waals surface area contributed by atoms with Crippen LogP contribution in [0.2, 0.25) is 0 Å². The van der Waals surface area contributed by atoms with Gasteiger partial charge in [0.2, 0.25) is 0 Å². The van der Waals surface area contributed by atoms with Crippen LogP contribution < -0.4 is 19.9 Å². The molecule has 6 aromatic rings. The van der Waals surface area contributed by atoms with Crippen LogP contribution in [0.5, 0.6) is 17.2 Å². The van der Waals surface area contributed by atoms with Crippen LogP contribution in [0.4, 0.5) is 5.82 Å². The molecular weight excluding hydrogens is 650 g/mol. The van der Waals surface area contributed by atoms with Gasteiger partial charge in [0.1, 0.15) is 53.6 Å². The molecule has 51 heavy (non-hydrogen) atoms. The zero-order chi connectivity index (χ0) is 35.2. The standard InChI is InChI=1S/C39H37N5O7/c1-46-29-17-13-27(14-18-29)39(26-9-5-3-6-10-26,28-15-19-30(47-2)20-16-28)51-32-21-34(44-25-43-36-37(40)41-24-42-38(36)44)50-33(32)22-49-35(45)23-48-31-11-7-4-8-12-31/h3-20,24-25,32-34H,21-23H2,1-2H3,(H2,40,41,42)/t32-,33-,34+/m1/s1. The van der Waals surface area contributed by atoms with E-state index in [0.717, 1.165) is 16.7 Å². The molecule has 3 atom stereocenters. The van der Waals surface area contributed by atoms with E-state index in [0.29, 0.717) is 34.8 Å². The lowest BCUT2D eigenvalue weighted by molar-refractivity contribution is -0.155. The van der Waals surface area contributed by atoms with Gasteiger partial charge in [-0.1, -0.05) is 72.8 Å². The topological polar surface area (TPSA) is 142 Å². The van der Waals surface area contributed by atoms with Crippen molar-refractivity contribution in [3.05, 3.63) is 139 Å². The van der Waals surface area contributed by atoms with Gasteiger partial charge in [-0.05, 0) is 53.1 Å². The van der Waals surface area contributed by atoms with Crippen LogP contribution in [0.1, 0.15) is 29.3 Å². The molecule has 1 fully saturated rings. The minimum Gasteiger partial charge on any atom is -0.497 e. The molecule has 0 radical (unpaired) electrons. The summed E-state index contributed by atoms with van der Waals surface area (Å²) in [5, 5.41) is 0. The van der Waals surface area contributed by atoms with Crippen LogP contribution in [0.25, 0.3) is 11.2 Å². The number of ether oxygens (including phenoxy) is 6. The van der Waals surface area contributed by atoms with Gasteiger partial charge in [0.05, 0.1) is 26.7 Å². The summed E-state index contributed by atoms with van der Waals surface area (Å²) in [7, 11) is 3.26.